The molecule has 0 bridgehead atoms. The Bertz CT molecular complexity index is 526. The Morgan fingerprint density at radius 1 is 1.21 bits per heavy atom. The van der Waals surface area contributed by atoms with E-state index >= 15 is 0 Å². The summed E-state index contributed by atoms with van der Waals surface area (Å²) in [7, 11) is 0. The minimum Gasteiger partial charge on any atom is -0.508 e. The summed E-state index contributed by atoms with van der Waals surface area (Å²) in [6.45, 7) is 7.96. The summed E-state index contributed by atoms with van der Waals surface area (Å²) in [4.78, 5) is 3.85. The number of hydrogen-bond donors (Lipinski definition) is 2. The van der Waals surface area contributed by atoms with E-state index in [0.29, 0.717) is 31.7 Å². The molecule has 0 saturated carbocycles. The van der Waals surface area contributed by atoms with Crippen molar-refractivity contribution in [2.24, 2.45) is 0 Å². The minimum atomic E-state index is -4.28. The van der Waals surface area contributed by atoms with Crippen LogP contribution in [0.5, 0.6) is 5.75 Å². The molecule has 1 heterocycles. The average Bonchev–Trinajstić information content (AvgIpc) is 2.54. The van der Waals surface area contributed by atoms with Gasteiger partial charge < -0.3 is 15.3 Å². The summed E-state index contributed by atoms with van der Waals surface area (Å²) >= 11 is 0. The van der Waals surface area contributed by atoms with Crippen LogP contribution in [0.1, 0.15) is 31.9 Å². The molecule has 1 aromatic carbocycles. The number of phenolic OH excluding ortho intramolecular Hbond substituents is 1. The number of alkyl halides is 3. The third-order valence-electron chi connectivity index (χ3n) is 4.52. The van der Waals surface area contributed by atoms with Gasteiger partial charge in [0, 0.05) is 62.6 Å². The Kier molecular flexibility index (Phi) is 6.34. The number of rotatable bonds is 6. The molecule has 0 radical (unpaired) electrons. The van der Waals surface area contributed by atoms with E-state index in [1.54, 1.807) is 23.1 Å². The normalized spacial score (nSPS) is 17.7. The number of nitrogens with zero attached hydrogens (tertiary/aromatic N) is 2. The highest BCUT2D eigenvalue weighted by Gasteiger charge is 2.37. The highest BCUT2D eigenvalue weighted by Crippen LogP contribution is 2.39. The van der Waals surface area contributed by atoms with Gasteiger partial charge >= 0.3 is 6.18 Å². The summed E-state index contributed by atoms with van der Waals surface area (Å²) < 4.78 is 39.2. The maximum absolute atomic E-state index is 13.1. The van der Waals surface area contributed by atoms with Gasteiger partial charge in [-0.1, -0.05) is 6.07 Å². The molecule has 0 unspecified atom stereocenters. The molecule has 2 rings (SSSR count). The van der Waals surface area contributed by atoms with Crippen molar-refractivity contribution in [1.29, 1.82) is 0 Å². The van der Waals surface area contributed by atoms with Crippen molar-refractivity contribution >= 4 is 5.69 Å². The van der Waals surface area contributed by atoms with Crippen LogP contribution in [0.2, 0.25) is 0 Å². The first kappa shape index (κ1) is 18.9. The lowest BCUT2D eigenvalue weighted by molar-refractivity contribution is -0.148. The van der Waals surface area contributed by atoms with E-state index in [-0.39, 0.29) is 5.75 Å². The molecule has 0 amide bonds. The number of nitrogens with one attached hydrogen (secondary N) is 1. The molecule has 4 nitrogen and oxygen atoms in total. The molecule has 2 N–H and O–H groups in total. The molecule has 24 heavy (non-hydrogen) atoms. The Morgan fingerprint density at radius 3 is 2.33 bits per heavy atom. The standard InChI is InChI=1S/C17H26F3N3O/c1-3-22(4-2)13-5-6-14(16(24)11-13)15(12-17(18,19)20)23-9-7-21-8-10-23/h5-6,11,15,21,24H,3-4,7-10,12H2,1-2H3/t15-/m1/s1. The topological polar surface area (TPSA) is 38.7 Å². The van der Waals surface area contributed by atoms with Crippen LogP contribution >= 0.6 is 0 Å². The highest BCUT2D eigenvalue weighted by molar-refractivity contribution is 5.54. The molecule has 1 fully saturated rings. The summed E-state index contributed by atoms with van der Waals surface area (Å²) in [5.41, 5.74) is 1.18. The van der Waals surface area contributed by atoms with Gasteiger partial charge in [0.15, 0.2) is 0 Å². The zero-order chi connectivity index (χ0) is 17.7. The third-order valence-corrected chi connectivity index (χ3v) is 4.52. The largest absolute Gasteiger partial charge is 0.508 e. The molecule has 1 saturated heterocycles. The van der Waals surface area contributed by atoms with Crippen LogP contribution in [0.4, 0.5) is 18.9 Å². The number of halogens is 3. The van der Waals surface area contributed by atoms with Crippen molar-refractivity contribution < 1.29 is 18.3 Å². The van der Waals surface area contributed by atoms with Crippen molar-refractivity contribution in [2.45, 2.75) is 32.5 Å². The van der Waals surface area contributed by atoms with Crippen molar-refractivity contribution in [3.8, 4) is 5.75 Å². The first-order valence-corrected chi connectivity index (χ1v) is 8.45. The fourth-order valence-corrected chi connectivity index (χ4v) is 3.25. The van der Waals surface area contributed by atoms with Gasteiger partial charge in [-0.05, 0) is 19.9 Å². The Hall–Kier alpha value is -1.47. The van der Waals surface area contributed by atoms with Crippen molar-refractivity contribution in [1.82, 2.24) is 10.2 Å². The number of anilines is 1. The Morgan fingerprint density at radius 2 is 1.83 bits per heavy atom. The molecule has 1 aliphatic rings. The molecular weight excluding hydrogens is 319 g/mol. The van der Waals surface area contributed by atoms with Crippen LogP contribution in [0.3, 0.4) is 0 Å². The third kappa shape index (κ3) is 4.77. The molecule has 0 aliphatic carbocycles. The maximum atomic E-state index is 13.1. The second kappa shape index (κ2) is 8.07. The van der Waals surface area contributed by atoms with Crippen LogP contribution in [-0.2, 0) is 0 Å². The van der Waals surface area contributed by atoms with E-state index in [4.69, 9.17) is 0 Å². The zero-order valence-electron chi connectivity index (χ0n) is 14.2. The van der Waals surface area contributed by atoms with Gasteiger partial charge in [0.25, 0.3) is 0 Å². The number of piperazine rings is 1. The number of hydrogen-bond acceptors (Lipinski definition) is 4. The predicted octanol–water partition coefficient (Wildman–Crippen LogP) is 3.14. The summed E-state index contributed by atoms with van der Waals surface area (Å²) in [5.74, 6) is -0.0628. The lowest BCUT2D eigenvalue weighted by Gasteiger charge is -2.36. The predicted molar refractivity (Wildman–Crippen MR) is 89.5 cm³/mol. The minimum absolute atomic E-state index is 0.0628. The first-order chi connectivity index (χ1) is 11.4. The van der Waals surface area contributed by atoms with Gasteiger partial charge in [-0.25, -0.2) is 0 Å². The highest BCUT2D eigenvalue weighted by atomic mass is 19.4. The fourth-order valence-electron chi connectivity index (χ4n) is 3.25. The summed E-state index contributed by atoms with van der Waals surface area (Å²) in [5, 5.41) is 13.5. The lowest BCUT2D eigenvalue weighted by atomic mass is 9.99. The summed E-state index contributed by atoms with van der Waals surface area (Å²) in [6.07, 6.45) is -5.23. The molecule has 0 spiro atoms. The van der Waals surface area contributed by atoms with Gasteiger partial charge in [0.05, 0.1) is 6.42 Å². The molecule has 1 aromatic rings. The first-order valence-electron chi connectivity index (χ1n) is 8.45. The van der Waals surface area contributed by atoms with E-state index in [2.05, 4.69) is 5.32 Å². The van der Waals surface area contributed by atoms with E-state index in [0.717, 1.165) is 18.8 Å². The Balaban J connectivity index is 2.31. The molecular formula is C17H26F3N3O. The second-order valence-corrected chi connectivity index (χ2v) is 6.04. The van der Waals surface area contributed by atoms with Crippen LogP contribution in [0.15, 0.2) is 18.2 Å². The molecule has 1 atom stereocenters. The van der Waals surface area contributed by atoms with Gasteiger partial charge in [-0.3, -0.25) is 4.90 Å². The fraction of sp³-hybridized carbons (Fsp3) is 0.647. The molecule has 136 valence electrons. The van der Waals surface area contributed by atoms with Gasteiger partial charge in [-0.2, -0.15) is 13.2 Å². The van der Waals surface area contributed by atoms with Crippen molar-refractivity contribution in [3.63, 3.8) is 0 Å². The SMILES string of the molecule is CCN(CC)c1ccc([C@@H](CC(F)(F)F)N2CCNCC2)c(O)c1. The maximum Gasteiger partial charge on any atom is 0.390 e. The van der Waals surface area contributed by atoms with Gasteiger partial charge in [0.2, 0.25) is 0 Å². The summed E-state index contributed by atoms with van der Waals surface area (Å²) in [6, 6.07) is 4.17. The lowest BCUT2D eigenvalue weighted by Crippen LogP contribution is -2.46. The quantitative estimate of drug-likeness (QED) is 0.831. The number of benzene rings is 1. The van der Waals surface area contributed by atoms with E-state index < -0.39 is 18.6 Å². The van der Waals surface area contributed by atoms with Crippen LogP contribution < -0.4 is 10.2 Å². The molecule has 0 aromatic heterocycles. The number of phenols is 1. The number of aromatic hydroxyl groups is 1. The van der Waals surface area contributed by atoms with E-state index in [1.165, 1.54) is 0 Å². The smallest absolute Gasteiger partial charge is 0.390 e. The average molecular weight is 345 g/mol. The van der Waals surface area contributed by atoms with E-state index in [1.807, 2.05) is 18.7 Å². The molecule has 1 aliphatic heterocycles. The monoisotopic (exact) mass is 345 g/mol. The second-order valence-electron chi connectivity index (χ2n) is 6.04. The van der Waals surface area contributed by atoms with Crippen LogP contribution in [0.25, 0.3) is 0 Å². The zero-order valence-corrected chi connectivity index (χ0v) is 14.2. The van der Waals surface area contributed by atoms with Gasteiger partial charge in [-0.15, -0.1) is 0 Å². The molecule has 7 heteroatoms. The van der Waals surface area contributed by atoms with Crippen LogP contribution in [-0.4, -0.2) is 55.5 Å². The van der Waals surface area contributed by atoms with E-state index in [9.17, 15) is 18.3 Å². The Labute approximate surface area is 141 Å². The van der Waals surface area contributed by atoms with Crippen molar-refractivity contribution in [3.05, 3.63) is 23.8 Å². The van der Waals surface area contributed by atoms with Gasteiger partial charge in [0.1, 0.15) is 5.75 Å². The van der Waals surface area contributed by atoms with Crippen LogP contribution in [0, 0.1) is 0 Å². The van der Waals surface area contributed by atoms with Crippen molar-refractivity contribution in [2.75, 3.05) is 44.2 Å².